The average Bonchev–Trinajstić information content (AvgIpc) is 2.62. The maximum Gasteiger partial charge on any atom is 0.194 e. The Balaban J connectivity index is 1.85. The minimum atomic E-state index is -0.862. The molecule has 4 nitrogen and oxygen atoms in total. The molecule has 0 aromatic heterocycles. The number of hydrogen-bond acceptors (Lipinski definition) is 3. The van der Waals surface area contributed by atoms with Crippen molar-refractivity contribution in [2.75, 3.05) is 37.7 Å². The van der Waals surface area contributed by atoms with Crippen LogP contribution in [0.4, 0.5) is 0 Å². The molecule has 0 spiro atoms. The Hall–Kier alpha value is -1.01. The van der Waals surface area contributed by atoms with Gasteiger partial charge in [-0.2, -0.15) is 11.8 Å². The Kier molecular flexibility index (Phi) is 8.67. The summed E-state index contributed by atoms with van der Waals surface area (Å²) in [7, 11) is -0.862. The third kappa shape index (κ3) is 6.48. The standard InChI is InChI=1S/C18H29N3OS2/c1-3-17-14-21(11-12-23-17)18(19-4-2)20-10-13-24(22)15-16-8-6-5-7-9-16/h5-9,17H,3-4,10-15H2,1-2H3,(H,19,20). The van der Waals surface area contributed by atoms with E-state index in [2.05, 4.69) is 35.8 Å². The molecular formula is C18H29N3OS2. The summed E-state index contributed by atoms with van der Waals surface area (Å²) in [5.41, 5.74) is 1.13. The van der Waals surface area contributed by atoms with Crippen LogP contribution < -0.4 is 5.32 Å². The van der Waals surface area contributed by atoms with Crippen molar-refractivity contribution in [3.05, 3.63) is 35.9 Å². The van der Waals surface area contributed by atoms with Crippen molar-refractivity contribution >= 4 is 28.5 Å². The lowest BCUT2D eigenvalue weighted by Crippen LogP contribution is -2.48. The molecule has 134 valence electrons. The Bertz CT molecular complexity index is 536. The van der Waals surface area contributed by atoms with E-state index < -0.39 is 10.8 Å². The second-order valence-electron chi connectivity index (χ2n) is 5.86. The maximum atomic E-state index is 12.2. The van der Waals surface area contributed by atoms with Gasteiger partial charge in [-0.1, -0.05) is 37.3 Å². The van der Waals surface area contributed by atoms with E-state index in [1.54, 1.807) is 0 Å². The zero-order chi connectivity index (χ0) is 17.2. The Labute approximate surface area is 153 Å². The first-order valence-electron chi connectivity index (χ1n) is 8.76. The highest BCUT2D eigenvalue weighted by Gasteiger charge is 2.21. The molecule has 24 heavy (non-hydrogen) atoms. The predicted octanol–water partition coefficient (Wildman–Crippen LogP) is 2.73. The highest BCUT2D eigenvalue weighted by molar-refractivity contribution is 8.00. The third-order valence-electron chi connectivity index (χ3n) is 3.98. The molecule has 1 heterocycles. The first kappa shape index (κ1) is 19.3. The summed E-state index contributed by atoms with van der Waals surface area (Å²) in [4.78, 5) is 7.07. The maximum absolute atomic E-state index is 12.2. The van der Waals surface area contributed by atoms with Gasteiger partial charge in [-0.15, -0.1) is 0 Å². The summed E-state index contributed by atoms with van der Waals surface area (Å²) >= 11 is 2.06. The van der Waals surface area contributed by atoms with Gasteiger partial charge in [0.15, 0.2) is 5.96 Å². The van der Waals surface area contributed by atoms with E-state index in [0.717, 1.165) is 36.9 Å². The molecule has 0 saturated carbocycles. The summed E-state index contributed by atoms with van der Waals surface area (Å²) in [6.07, 6.45) is 1.20. The minimum Gasteiger partial charge on any atom is -0.357 e. The van der Waals surface area contributed by atoms with Crippen molar-refractivity contribution in [3.8, 4) is 0 Å². The molecule has 1 N–H and O–H groups in total. The van der Waals surface area contributed by atoms with Crippen LogP contribution in [0.3, 0.4) is 0 Å². The quantitative estimate of drug-likeness (QED) is 0.594. The molecule has 1 saturated heterocycles. The zero-order valence-electron chi connectivity index (χ0n) is 14.7. The summed E-state index contributed by atoms with van der Waals surface area (Å²) in [5.74, 6) is 3.37. The van der Waals surface area contributed by atoms with Gasteiger partial charge in [-0.25, -0.2) is 0 Å². The lowest BCUT2D eigenvalue weighted by atomic mass is 10.2. The van der Waals surface area contributed by atoms with Gasteiger partial charge in [0, 0.05) is 52.9 Å². The molecule has 1 fully saturated rings. The van der Waals surface area contributed by atoms with Crippen LogP contribution in [0.25, 0.3) is 0 Å². The molecular weight excluding hydrogens is 338 g/mol. The van der Waals surface area contributed by atoms with Crippen LogP contribution in [0.1, 0.15) is 25.8 Å². The van der Waals surface area contributed by atoms with E-state index in [1.165, 1.54) is 6.42 Å². The summed E-state index contributed by atoms with van der Waals surface area (Å²) in [5, 5.41) is 4.08. The number of aliphatic imine (C=N–C) groups is 1. The molecule has 1 aliphatic rings. The number of nitrogens with zero attached hydrogens (tertiary/aromatic N) is 2. The smallest absolute Gasteiger partial charge is 0.194 e. The van der Waals surface area contributed by atoms with Crippen molar-refractivity contribution in [2.24, 2.45) is 4.99 Å². The van der Waals surface area contributed by atoms with Gasteiger partial charge in [-0.3, -0.25) is 9.20 Å². The first-order chi connectivity index (χ1) is 11.7. The van der Waals surface area contributed by atoms with Gasteiger partial charge >= 0.3 is 0 Å². The summed E-state index contributed by atoms with van der Waals surface area (Å²) in [6.45, 7) is 7.92. The van der Waals surface area contributed by atoms with Crippen LogP contribution in [0, 0.1) is 0 Å². The number of hydrogen-bond donors (Lipinski definition) is 1. The van der Waals surface area contributed by atoms with E-state index >= 15 is 0 Å². The number of benzene rings is 1. The number of nitrogens with one attached hydrogen (secondary N) is 1. The Morgan fingerprint density at radius 1 is 1.38 bits per heavy atom. The molecule has 1 aromatic carbocycles. The highest BCUT2D eigenvalue weighted by Crippen LogP contribution is 2.21. The molecule has 0 radical (unpaired) electrons. The number of rotatable bonds is 7. The zero-order valence-corrected chi connectivity index (χ0v) is 16.4. The predicted molar refractivity (Wildman–Crippen MR) is 107 cm³/mol. The van der Waals surface area contributed by atoms with E-state index in [-0.39, 0.29) is 0 Å². The molecule has 0 aliphatic carbocycles. The molecule has 1 aliphatic heterocycles. The average molecular weight is 368 g/mol. The van der Waals surface area contributed by atoms with E-state index in [0.29, 0.717) is 23.3 Å². The summed E-state index contributed by atoms with van der Waals surface area (Å²) in [6, 6.07) is 10.0. The van der Waals surface area contributed by atoms with Crippen molar-refractivity contribution in [2.45, 2.75) is 31.3 Å². The van der Waals surface area contributed by atoms with Crippen molar-refractivity contribution in [1.29, 1.82) is 0 Å². The number of guanidine groups is 1. The van der Waals surface area contributed by atoms with Crippen molar-refractivity contribution < 1.29 is 4.21 Å². The van der Waals surface area contributed by atoms with Crippen LogP contribution in [0.2, 0.25) is 0 Å². The molecule has 0 bridgehead atoms. The van der Waals surface area contributed by atoms with Crippen LogP contribution in [-0.2, 0) is 16.6 Å². The fraction of sp³-hybridized carbons (Fsp3) is 0.611. The molecule has 0 amide bonds. The fourth-order valence-electron chi connectivity index (χ4n) is 2.67. The lowest BCUT2D eigenvalue weighted by Gasteiger charge is -2.34. The topological polar surface area (TPSA) is 44.7 Å². The van der Waals surface area contributed by atoms with Gasteiger partial charge < -0.3 is 10.2 Å². The Morgan fingerprint density at radius 2 is 2.17 bits per heavy atom. The highest BCUT2D eigenvalue weighted by atomic mass is 32.2. The van der Waals surface area contributed by atoms with Crippen molar-refractivity contribution in [1.82, 2.24) is 10.2 Å². The second-order valence-corrected chi connectivity index (χ2v) is 8.84. The van der Waals surface area contributed by atoms with Crippen LogP contribution in [-0.4, -0.2) is 58.0 Å². The summed E-state index contributed by atoms with van der Waals surface area (Å²) < 4.78 is 12.2. The molecule has 6 heteroatoms. The van der Waals surface area contributed by atoms with E-state index in [4.69, 9.17) is 4.99 Å². The van der Waals surface area contributed by atoms with Crippen molar-refractivity contribution in [3.63, 3.8) is 0 Å². The molecule has 1 aromatic rings. The minimum absolute atomic E-state index is 0.613. The normalized spacial score (nSPS) is 20.0. The molecule has 2 unspecified atom stereocenters. The fourth-order valence-corrected chi connectivity index (χ4v) is 4.85. The van der Waals surface area contributed by atoms with Gasteiger partial charge in [0.2, 0.25) is 0 Å². The molecule has 2 atom stereocenters. The Morgan fingerprint density at radius 3 is 2.88 bits per heavy atom. The number of thioether (sulfide) groups is 1. The molecule has 2 rings (SSSR count). The van der Waals surface area contributed by atoms with Gasteiger partial charge in [0.1, 0.15) is 0 Å². The second kappa shape index (κ2) is 10.8. The van der Waals surface area contributed by atoms with E-state index in [1.807, 2.05) is 30.3 Å². The SMILES string of the molecule is CCNC(=NCCS(=O)Cc1ccccc1)N1CCSC(CC)C1. The van der Waals surface area contributed by atoms with Crippen LogP contribution >= 0.6 is 11.8 Å². The van der Waals surface area contributed by atoms with Crippen LogP contribution in [0.5, 0.6) is 0 Å². The van der Waals surface area contributed by atoms with E-state index in [9.17, 15) is 4.21 Å². The largest absolute Gasteiger partial charge is 0.357 e. The van der Waals surface area contributed by atoms with Gasteiger partial charge in [-0.05, 0) is 18.9 Å². The van der Waals surface area contributed by atoms with Gasteiger partial charge in [0.05, 0.1) is 6.54 Å². The third-order valence-corrected chi connectivity index (χ3v) is 6.64. The monoisotopic (exact) mass is 367 g/mol. The first-order valence-corrected chi connectivity index (χ1v) is 11.3. The lowest BCUT2D eigenvalue weighted by molar-refractivity contribution is 0.408. The van der Waals surface area contributed by atoms with Crippen LogP contribution in [0.15, 0.2) is 35.3 Å². The van der Waals surface area contributed by atoms with Gasteiger partial charge in [0.25, 0.3) is 0 Å².